The van der Waals surface area contributed by atoms with Crippen LogP contribution in [0.5, 0.6) is 11.5 Å². The molecule has 4 rings (SSSR count). The summed E-state index contributed by atoms with van der Waals surface area (Å²) in [5.74, 6) is 1.69. The van der Waals surface area contributed by atoms with E-state index in [0.717, 1.165) is 17.5 Å². The van der Waals surface area contributed by atoms with Crippen LogP contribution in [-0.2, 0) is 17.9 Å². The van der Waals surface area contributed by atoms with Gasteiger partial charge < -0.3 is 14.6 Å². The monoisotopic (exact) mass is 446 g/mol. The minimum absolute atomic E-state index is 0.394. The summed E-state index contributed by atoms with van der Waals surface area (Å²) in [7, 11) is 1.60. The Morgan fingerprint density at radius 3 is 2.24 bits per heavy atom. The molecule has 33 heavy (non-hydrogen) atoms. The zero-order valence-corrected chi connectivity index (χ0v) is 19.2. The van der Waals surface area contributed by atoms with Gasteiger partial charge in [0.2, 0.25) is 0 Å². The first-order valence-electron chi connectivity index (χ1n) is 11.1. The Hall–Kier alpha value is -3.35. The molecule has 0 spiro atoms. The largest absolute Gasteiger partial charge is 0.493 e. The molecule has 1 atom stereocenters. The number of ether oxygens (including phenoxy) is 2. The molecule has 0 fully saturated rings. The smallest absolute Gasteiger partial charge is 0.182 e. The number of aliphatic imine (C=N–C) groups is 1. The number of nitrogens with zero attached hydrogens (tertiary/aromatic N) is 1. The molecule has 6 heteroatoms. The van der Waals surface area contributed by atoms with Gasteiger partial charge in [0, 0.05) is 5.56 Å². The molecule has 1 aliphatic heterocycles. The first-order chi connectivity index (χ1) is 15.9. The van der Waals surface area contributed by atoms with Crippen LogP contribution in [0.2, 0.25) is 0 Å². The zero-order valence-electron chi connectivity index (χ0n) is 19.2. The number of hydrogen-bond acceptors (Lipinski definition) is 6. The van der Waals surface area contributed by atoms with Gasteiger partial charge in [0.25, 0.3) is 0 Å². The maximum Gasteiger partial charge on any atom is 0.182 e. The minimum Gasteiger partial charge on any atom is -0.493 e. The van der Waals surface area contributed by atoms with E-state index in [1.807, 2.05) is 74.5 Å². The topological polar surface area (TPSA) is 72.3 Å². The van der Waals surface area contributed by atoms with Crippen molar-refractivity contribution >= 4 is 5.84 Å². The van der Waals surface area contributed by atoms with Crippen LogP contribution in [0.1, 0.15) is 48.6 Å². The van der Waals surface area contributed by atoms with Gasteiger partial charge in [0.1, 0.15) is 6.61 Å². The number of nitrogens with one attached hydrogen (secondary N) is 1. The fourth-order valence-electron chi connectivity index (χ4n) is 3.77. The molecule has 3 aromatic carbocycles. The Balaban J connectivity index is 1.65. The molecule has 6 nitrogen and oxygen atoms in total. The third-order valence-electron chi connectivity index (χ3n) is 5.51. The van der Waals surface area contributed by atoms with Gasteiger partial charge in [-0.2, -0.15) is 0 Å². The third kappa shape index (κ3) is 5.72. The predicted molar refractivity (Wildman–Crippen MR) is 128 cm³/mol. The lowest BCUT2D eigenvalue weighted by atomic mass is 9.95. The van der Waals surface area contributed by atoms with E-state index in [-0.39, 0.29) is 0 Å². The number of amidine groups is 1. The lowest BCUT2D eigenvalue weighted by Crippen LogP contribution is -2.24. The van der Waals surface area contributed by atoms with E-state index in [0.29, 0.717) is 35.9 Å². The molecule has 0 saturated carbocycles. The number of benzene rings is 3. The molecule has 0 aromatic heterocycles. The fraction of sp³-hybridized carbons (Fsp3) is 0.296. The number of hydroxylamine groups is 1. The fourth-order valence-corrected chi connectivity index (χ4v) is 3.77. The molecule has 0 saturated heterocycles. The van der Waals surface area contributed by atoms with Gasteiger partial charge in [-0.05, 0) is 55.5 Å². The lowest BCUT2D eigenvalue weighted by Gasteiger charge is -2.20. The summed E-state index contributed by atoms with van der Waals surface area (Å²) in [4.78, 5) is 10.2. The maximum atomic E-state index is 11.2. The average molecular weight is 447 g/mol. The van der Waals surface area contributed by atoms with Crippen LogP contribution in [0.25, 0.3) is 0 Å². The minimum atomic E-state index is -0.724. The van der Waals surface area contributed by atoms with Crippen molar-refractivity contribution in [2.24, 2.45) is 4.99 Å². The van der Waals surface area contributed by atoms with Crippen LogP contribution >= 0.6 is 0 Å². The highest BCUT2D eigenvalue weighted by molar-refractivity contribution is 6.01. The van der Waals surface area contributed by atoms with Crippen molar-refractivity contribution in [1.29, 1.82) is 0 Å². The highest BCUT2D eigenvalue weighted by Gasteiger charge is 2.30. The summed E-state index contributed by atoms with van der Waals surface area (Å²) in [6, 6.07) is 23.8. The second-order valence-corrected chi connectivity index (χ2v) is 8.52. The Bertz CT molecular complexity index is 1100. The lowest BCUT2D eigenvalue weighted by molar-refractivity contribution is -0.0270. The molecule has 172 valence electrons. The van der Waals surface area contributed by atoms with E-state index in [9.17, 15) is 5.11 Å². The summed E-state index contributed by atoms with van der Waals surface area (Å²) in [5, 5.41) is 11.2. The summed E-state index contributed by atoms with van der Waals surface area (Å²) in [6.45, 7) is 4.13. The normalized spacial score (nSPS) is 15.5. The Morgan fingerprint density at radius 2 is 1.64 bits per heavy atom. The van der Waals surface area contributed by atoms with Crippen molar-refractivity contribution in [2.45, 2.75) is 45.1 Å². The van der Waals surface area contributed by atoms with Gasteiger partial charge in [-0.3, -0.25) is 0 Å². The molecule has 0 aliphatic carbocycles. The zero-order chi connectivity index (χ0) is 23.3. The summed E-state index contributed by atoms with van der Waals surface area (Å²) >= 11 is 0. The van der Waals surface area contributed by atoms with Gasteiger partial charge in [0.15, 0.2) is 23.1 Å². The van der Waals surface area contributed by atoms with Gasteiger partial charge in [-0.1, -0.05) is 60.7 Å². The molecule has 1 heterocycles. The standard InChI is InChI=1S/C27H30N2O4/c1-27(2)28-26(29-33-27)22-17-24(31-3)25(32-18-20-12-8-5-9-13-20)16-21(22)23(30)15-14-19-10-6-4-7-11-19/h4-13,16-17,23,30H,14-15,18H2,1-3H3,(H,28,29). The van der Waals surface area contributed by atoms with E-state index < -0.39 is 11.8 Å². The van der Waals surface area contributed by atoms with Crippen LogP contribution in [0.15, 0.2) is 77.8 Å². The predicted octanol–water partition coefficient (Wildman–Crippen LogP) is 4.96. The van der Waals surface area contributed by atoms with Crippen molar-refractivity contribution in [1.82, 2.24) is 5.48 Å². The first-order valence-corrected chi connectivity index (χ1v) is 11.1. The second-order valence-electron chi connectivity index (χ2n) is 8.52. The van der Waals surface area contributed by atoms with Crippen molar-refractivity contribution in [3.05, 3.63) is 95.1 Å². The van der Waals surface area contributed by atoms with Gasteiger partial charge in [-0.15, -0.1) is 0 Å². The third-order valence-corrected chi connectivity index (χ3v) is 5.51. The van der Waals surface area contributed by atoms with Crippen molar-refractivity contribution in [3.63, 3.8) is 0 Å². The molecule has 1 unspecified atom stereocenters. The van der Waals surface area contributed by atoms with Crippen LogP contribution in [0.3, 0.4) is 0 Å². The van der Waals surface area contributed by atoms with E-state index in [1.165, 1.54) is 5.56 Å². The summed E-state index contributed by atoms with van der Waals surface area (Å²) in [5.41, 5.74) is 5.87. The van der Waals surface area contributed by atoms with E-state index in [1.54, 1.807) is 7.11 Å². The maximum absolute atomic E-state index is 11.2. The van der Waals surface area contributed by atoms with Gasteiger partial charge in [-0.25, -0.2) is 15.3 Å². The van der Waals surface area contributed by atoms with Crippen molar-refractivity contribution < 1.29 is 19.4 Å². The summed E-state index contributed by atoms with van der Waals surface area (Å²) < 4.78 is 11.7. The molecular weight excluding hydrogens is 416 g/mol. The first kappa shape index (κ1) is 22.8. The van der Waals surface area contributed by atoms with Gasteiger partial charge >= 0.3 is 0 Å². The molecule has 0 radical (unpaired) electrons. The molecule has 3 aromatic rings. The Kier molecular flexibility index (Phi) is 6.96. The quantitative estimate of drug-likeness (QED) is 0.486. The number of methoxy groups -OCH3 is 1. The number of aliphatic hydroxyl groups excluding tert-OH is 1. The Labute approximate surface area is 194 Å². The SMILES string of the molecule is COc1cc(C2=NC(C)(C)ON2)c(C(O)CCc2ccccc2)cc1OCc1ccccc1. The average Bonchev–Trinajstić information content (AvgIpc) is 3.21. The van der Waals surface area contributed by atoms with Crippen molar-refractivity contribution in [2.75, 3.05) is 7.11 Å². The highest BCUT2D eigenvalue weighted by Crippen LogP contribution is 2.36. The van der Waals surface area contributed by atoms with E-state index in [4.69, 9.17) is 14.3 Å². The number of hydrogen-bond donors (Lipinski definition) is 2. The number of aryl methyl sites for hydroxylation is 1. The molecule has 0 bridgehead atoms. The molecular formula is C27H30N2O4. The van der Waals surface area contributed by atoms with Crippen LogP contribution in [0.4, 0.5) is 0 Å². The van der Waals surface area contributed by atoms with E-state index >= 15 is 0 Å². The number of aliphatic hydroxyl groups is 1. The Morgan fingerprint density at radius 1 is 0.970 bits per heavy atom. The van der Waals surface area contributed by atoms with Gasteiger partial charge in [0.05, 0.1) is 13.2 Å². The number of rotatable bonds is 9. The summed E-state index contributed by atoms with van der Waals surface area (Å²) in [6.07, 6.45) is 0.576. The van der Waals surface area contributed by atoms with Crippen LogP contribution in [0, 0.1) is 0 Å². The highest BCUT2D eigenvalue weighted by atomic mass is 16.7. The molecule has 0 amide bonds. The van der Waals surface area contributed by atoms with Crippen LogP contribution < -0.4 is 15.0 Å². The molecule has 2 N–H and O–H groups in total. The second kappa shape index (κ2) is 10.1. The van der Waals surface area contributed by atoms with E-state index in [2.05, 4.69) is 22.6 Å². The molecule has 1 aliphatic rings. The van der Waals surface area contributed by atoms with Crippen LogP contribution in [-0.4, -0.2) is 23.8 Å². The van der Waals surface area contributed by atoms with Crippen molar-refractivity contribution in [3.8, 4) is 11.5 Å².